The molecule has 0 bridgehead atoms. The van der Waals surface area contributed by atoms with Gasteiger partial charge in [-0.3, -0.25) is 0 Å². The molecule has 0 spiro atoms. The Morgan fingerprint density at radius 1 is 1.37 bits per heavy atom. The Labute approximate surface area is 121 Å². The number of hydrogen-bond acceptors (Lipinski definition) is 2. The van der Waals surface area contributed by atoms with E-state index in [0.29, 0.717) is 16.5 Å². The lowest BCUT2D eigenvalue weighted by Crippen LogP contribution is -2.12. The Morgan fingerprint density at radius 3 is 2.63 bits per heavy atom. The summed E-state index contributed by atoms with van der Waals surface area (Å²) in [5.41, 5.74) is 8.87. The van der Waals surface area contributed by atoms with Crippen molar-refractivity contribution in [3.8, 4) is 5.69 Å². The van der Waals surface area contributed by atoms with Crippen molar-refractivity contribution in [3.63, 3.8) is 0 Å². The van der Waals surface area contributed by atoms with Crippen LogP contribution in [0, 0.1) is 13.8 Å². The molecule has 1 aromatic heterocycles. The van der Waals surface area contributed by atoms with Crippen LogP contribution in [0.25, 0.3) is 5.69 Å². The van der Waals surface area contributed by atoms with Crippen LogP contribution in [-0.4, -0.2) is 21.5 Å². The van der Waals surface area contributed by atoms with E-state index in [1.165, 1.54) is 0 Å². The van der Waals surface area contributed by atoms with Gasteiger partial charge in [-0.05, 0) is 26.0 Å². The number of nitrogens with zero attached hydrogens (tertiary/aromatic N) is 3. The molecule has 0 aliphatic carbocycles. The van der Waals surface area contributed by atoms with Gasteiger partial charge in [0.1, 0.15) is 5.84 Å². The minimum Gasteiger partial charge on any atom is -0.386 e. The number of aliphatic imine (C=N–C) groups is 1. The molecule has 6 heteroatoms. The van der Waals surface area contributed by atoms with Crippen LogP contribution in [0.2, 0.25) is 5.02 Å². The summed E-state index contributed by atoms with van der Waals surface area (Å²) in [6.45, 7) is 3.78. The van der Waals surface area contributed by atoms with Crippen molar-refractivity contribution in [2.45, 2.75) is 13.8 Å². The highest BCUT2D eigenvalue weighted by atomic mass is 35.5. The number of amidine groups is 1. The third-order valence-electron chi connectivity index (χ3n) is 2.71. The van der Waals surface area contributed by atoms with E-state index in [4.69, 9.17) is 28.9 Å². The van der Waals surface area contributed by atoms with Gasteiger partial charge in [-0.1, -0.05) is 23.7 Å². The fraction of sp³-hybridized carbons (Fsp3) is 0.231. The molecule has 2 aromatic rings. The van der Waals surface area contributed by atoms with Crippen LogP contribution in [0.15, 0.2) is 29.3 Å². The number of para-hydroxylation sites is 2. The maximum Gasteiger partial charge on any atom is 0.115 e. The molecule has 0 aliphatic heterocycles. The molecule has 2 N–H and O–H groups in total. The summed E-state index contributed by atoms with van der Waals surface area (Å²) in [4.78, 5) is 4.29. The lowest BCUT2D eigenvalue weighted by Gasteiger charge is -2.08. The van der Waals surface area contributed by atoms with Crippen molar-refractivity contribution in [1.82, 2.24) is 9.78 Å². The molecule has 1 heterocycles. The summed E-state index contributed by atoms with van der Waals surface area (Å²) < 4.78 is 1.76. The van der Waals surface area contributed by atoms with Crippen LogP contribution in [0.4, 0.5) is 5.69 Å². The summed E-state index contributed by atoms with van der Waals surface area (Å²) in [5, 5.41) is 5.07. The van der Waals surface area contributed by atoms with Gasteiger partial charge in [0.15, 0.2) is 0 Å². The van der Waals surface area contributed by atoms with Crippen molar-refractivity contribution >= 4 is 34.7 Å². The van der Waals surface area contributed by atoms with Gasteiger partial charge in [0.05, 0.1) is 33.7 Å². The average Bonchev–Trinajstić information content (AvgIpc) is 2.67. The van der Waals surface area contributed by atoms with Crippen LogP contribution in [0.1, 0.15) is 11.4 Å². The highest BCUT2D eigenvalue weighted by molar-refractivity contribution is 6.31. The number of rotatable bonds is 3. The van der Waals surface area contributed by atoms with Crippen molar-refractivity contribution in [1.29, 1.82) is 0 Å². The van der Waals surface area contributed by atoms with Crippen molar-refractivity contribution in [3.05, 3.63) is 40.7 Å². The van der Waals surface area contributed by atoms with Gasteiger partial charge in [0, 0.05) is 0 Å². The summed E-state index contributed by atoms with van der Waals surface area (Å²) in [7, 11) is 0. The number of aromatic nitrogens is 2. The molecule has 100 valence electrons. The van der Waals surface area contributed by atoms with E-state index >= 15 is 0 Å². The Hall–Kier alpha value is -1.52. The van der Waals surface area contributed by atoms with E-state index < -0.39 is 0 Å². The van der Waals surface area contributed by atoms with Gasteiger partial charge >= 0.3 is 0 Å². The minimum absolute atomic E-state index is 0.187. The zero-order valence-electron chi connectivity index (χ0n) is 10.7. The smallest absolute Gasteiger partial charge is 0.115 e. The first-order valence-electron chi connectivity index (χ1n) is 5.74. The van der Waals surface area contributed by atoms with Crippen molar-refractivity contribution in [2.24, 2.45) is 10.7 Å². The van der Waals surface area contributed by atoms with E-state index in [-0.39, 0.29) is 5.88 Å². The number of aryl methyl sites for hydroxylation is 1. The van der Waals surface area contributed by atoms with E-state index in [1.54, 1.807) is 4.68 Å². The summed E-state index contributed by atoms with van der Waals surface area (Å²) >= 11 is 11.8. The van der Waals surface area contributed by atoms with E-state index in [2.05, 4.69) is 10.1 Å². The molecule has 4 nitrogen and oxygen atoms in total. The Kier molecular flexibility index (Phi) is 4.12. The fourth-order valence-corrected chi connectivity index (χ4v) is 1.96. The van der Waals surface area contributed by atoms with Crippen LogP contribution in [-0.2, 0) is 0 Å². The molecule has 19 heavy (non-hydrogen) atoms. The molecule has 0 amide bonds. The van der Waals surface area contributed by atoms with E-state index in [9.17, 15) is 0 Å². The number of benzene rings is 1. The number of alkyl halides is 1. The molecule has 0 fully saturated rings. The summed E-state index contributed by atoms with van der Waals surface area (Å²) in [6, 6.07) is 7.57. The molecule has 0 radical (unpaired) electrons. The molecule has 0 atom stereocenters. The van der Waals surface area contributed by atoms with Gasteiger partial charge < -0.3 is 5.73 Å². The van der Waals surface area contributed by atoms with Crippen LogP contribution >= 0.6 is 23.2 Å². The predicted molar refractivity (Wildman–Crippen MR) is 80.1 cm³/mol. The minimum atomic E-state index is 0.187. The Bertz CT molecular complexity index is 632. The molecule has 2 rings (SSSR count). The zero-order chi connectivity index (χ0) is 14.0. The second-order valence-electron chi connectivity index (χ2n) is 4.12. The maximum absolute atomic E-state index is 6.17. The highest BCUT2D eigenvalue weighted by Crippen LogP contribution is 2.28. The molecule has 0 aliphatic rings. The average molecular weight is 297 g/mol. The second-order valence-corrected chi connectivity index (χ2v) is 4.77. The number of nitrogens with two attached hydrogens (primary N) is 1. The normalized spacial score (nSPS) is 11.9. The summed E-state index contributed by atoms with van der Waals surface area (Å²) in [6.07, 6.45) is 0. The first kappa shape index (κ1) is 13.9. The van der Waals surface area contributed by atoms with Gasteiger partial charge in [0.2, 0.25) is 0 Å². The zero-order valence-corrected chi connectivity index (χ0v) is 12.2. The first-order valence-corrected chi connectivity index (χ1v) is 6.66. The molecule has 0 saturated carbocycles. The van der Waals surface area contributed by atoms with E-state index in [1.807, 2.05) is 38.1 Å². The van der Waals surface area contributed by atoms with Crippen LogP contribution < -0.4 is 5.73 Å². The van der Waals surface area contributed by atoms with Gasteiger partial charge in [-0.2, -0.15) is 5.10 Å². The fourth-order valence-electron chi connectivity index (χ4n) is 1.78. The molecule has 0 saturated heterocycles. The SMILES string of the molecule is Cc1nn(-c2ccccc2N=C(N)CCl)c(C)c1Cl. The number of hydrogen-bond donors (Lipinski definition) is 1. The highest BCUT2D eigenvalue weighted by Gasteiger charge is 2.13. The lowest BCUT2D eigenvalue weighted by atomic mass is 10.2. The maximum atomic E-state index is 6.17. The molecule has 0 unspecified atom stereocenters. The Morgan fingerprint density at radius 2 is 2.05 bits per heavy atom. The summed E-state index contributed by atoms with van der Waals surface area (Å²) in [5.74, 6) is 0.549. The third kappa shape index (κ3) is 2.74. The lowest BCUT2D eigenvalue weighted by molar-refractivity contribution is 0.834. The second kappa shape index (κ2) is 5.63. The van der Waals surface area contributed by atoms with Gasteiger partial charge in [0.25, 0.3) is 0 Å². The van der Waals surface area contributed by atoms with Crippen molar-refractivity contribution in [2.75, 3.05) is 5.88 Å². The number of halogens is 2. The van der Waals surface area contributed by atoms with Crippen LogP contribution in [0.5, 0.6) is 0 Å². The predicted octanol–water partition coefficient (Wildman–Crippen LogP) is 3.37. The monoisotopic (exact) mass is 296 g/mol. The van der Waals surface area contributed by atoms with Crippen molar-refractivity contribution < 1.29 is 0 Å². The Balaban J connectivity index is 2.60. The standard InChI is InChI=1S/C13H14Cl2N4/c1-8-13(15)9(2)19(18-8)11-6-4-3-5-10(11)17-12(16)7-14/h3-6H,7H2,1-2H3,(H2,16,17). The quantitative estimate of drug-likeness (QED) is 0.536. The first-order chi connectivity index (χ1) is 9.04. The third-order valence-corrected chi connectivity index (χ3v) is 3.53. The topological polar surface area (TPSA) is 56.2 Å². The van der Waals surface area contributed by atoms with E-state index in [0.717, 1.165) is 17.1 Å². The van der Waals surface area contributed by atoms with Gasteiger partial charge in [-0.25, -0.2) is 9.67 Å². The van der Waals surface area contributed by atoms with Crippen LogP contribution in [0.3, 0.4) is 0 Å². The van der Waals surface area contributed by atoms with Gasteiger partial charge in [-0.15, -0.1) is 11.6 Å². The molecular weight excluding hydrogens is 283 g/mol. The largest absolute Gasteiger partial charge is 0.386 e. The molecular formula is C13H14Cl2N4. The molecule has 1 aromatic carbocycles.